The zero-order valence-corrected chi connectivity index (χ0v) is 18.7. The van der Waals surface area contributed by atoms with E-state index in [1.807, 2.05) is 6.07 Å². The summed E-state index contributed by atoms with van der Waals surface area (Å²) in [7, 11) is 1.59. The van der Waals surface area contributed by atoms with Crippen molar-refractivity contribution >= 4 is 29.2 Å². The average molecular weight is 447 g/mol. The first-order valence-electron chi connectivity index (χ1n) is 11.2. The lowest BCUT2D eigenvalue weighted by Gasteiger charge is -2.18. The Kier molecular flexibility index (Phi) is 7.64. The van der Waals surface area contributed by atoms with Gasteiger partial charge in [0, 0.05) is 17.8 Å². The van der Waals surface area contributed by atoms with E-state index in [0.29, 0.717) is 47.4 Å². The molecule has 1 aromatic carbocycles. The predicted molar refractivity (Wildman–Crippen MR) is 123 cm³/mol. The first kappa shape index (κ1) is 21.9. The van der Waals surface area contributed by atoms with Crippen LogP contribution in [0.25, 0.3) is 0 Å². The maximum Gasteiger partial charge on any atom is 0.323 e. The monoisotopic (exact) mass is 446 g/mol. The summed E-state index contributed by atoms with van der Waals surface area (Å²) in [5, 5.41) is 10.7. The molecule has 0 amide bonds. The summed E-state index contributed by atoms with van der Waals surface area (Å²) >= 11 is 6.26. The highest BCUT2D eigenvalue weighted by molar-refractivity contribution is 6.32. The highest BCUT2D eigenvalue weighted by atomic mass is 35.5. The predicted octanol–water partition coefficient (Wildman–Crippen LogP) is 4.54. The Morgan fingerprint density at radius 1 is 1.03 bits per heavy atom. The number of ether oxygens (including phenoxy) is 2. The SMILES string of the molecule is COc1ccc(Nc2nc(NC3CCCCCC3)nc(OCC3CCCN3)n2)cc1Cl. The zero-order valence-electron chi connectivity index (χ0n) is 18.0. The molecule has 8 nitrogen and oxygen atoms in total. The Labute approximate surface area is 188 Å². The van der Waals surface area contributed by atoms with Gasteiger partial charge in [0.25, 0.3) is 0 Å². The van der Waals surface area contributed by atoms with Crippen LogP contribution in [0.3, 0.4) is 0 Å². The van der Waals surface area contributed by atoms with Gasteiger partial charge in [-0.05, 0) is 50.4 Å². The van der Waals surface area contributed by atoms with Gasteiger partial charge in [-0.3, -0.25) is 0 Å². The van der Waals surface area contributed by atoms with E-state index in [0.717, 1.165) is 31.5 Å². The second kappa shape index (κ2) is 10.8. The molecule has 2 fully saturated rings. The van der Waals surface area contributed by atoms with Crippen LogP contribution in [0.5, 0.6) is 11.8 Å². The summed E-state index contributed by atoms with van der Waals surface area (Å²) in [6, 6.07) is 6.49. The van der Waals surface area contributed by atoms with E-state index in [9.17, 15) is 0 Å². The van der Waals surface area contributed by atoms with Gasteiger partial charge in [0.05, 0.1) is 12.1 Å². The highest BCUT2D eigenvalue weighted by Crippen LogP contribution is 2.29. The second-order valence-corrected chi connectivity index (χ2v) is 8.58. The minimum absolute atomic E-state index is 0.321. The third-order valence-electron chi connectivity index (χ3n) is 5.79. The fourth-order valence-corrected chi connectivity index (χ4v) is 4.35. The van der Waals surface area contributed by atoms with Crippen molar-refractivity contribution in [3.05, 3.63) is 23.2 Å². The first-order valence-corrected chi connectivity index (χ1v) is 11.6. The van der Waals surface area contributed by atoms with Gasteiger partial charge in [0.15, 0.2) is 0 Å². The summed E-state index contributed by atoms with van der Waals surface area (Å²) in [4.78, 5) is 13.6. The maximum absolute atomic E-state index is 6.26. The van der Waals surface area contributed by atoms with Gasteiger partial charge < -0.3 is 25.4 Å². The van der Waals surface area contributed by atoms with E-state index in [1.54, 1.807) is 19.2 Å². The van der Waals surface area contributed by atoms with E-state index in [2.05, 4.69) is 30.9 Å². The molecular weight excluding hydrogens is 416 g/mol. The fourth-order valence-electron chi connectivity index (χ4n) is 4.10. The van der Waals surface area contributed by atoms with Crippen LogP contribution in [-0.4, -0.2) is 47.3 Å². The number of hydrogen-bond acceptors (Lipinski definition) is 8. The summed E-state index contributed by atoms with van der Waals surface area (Å²) < 4.78 is 11.2. The summed E-state index contributed by atoms with van der Waals surface area (Å²) in [6.07, 6.45) is 9.59. The largest absolute Gasteiger partial charge is 0.495 e. The lowest BCUT2D eigenvalue weighted by atomic mass is 10.1. The molecule has 0 spiro atoms. The fraction of sp³-hybridized carbons (Fsp3) is 0.591. The van der Waals surface area contributed by atoms with Crippen LogP contribution in [0, 0.1) is 0 Å². The quantitative estimate of drug-likeness (QED) is 0.509. The summed E-state index contributed by atoms with van der Waals surface area (Å²) in [5.74, 6) is 1.58. The van der Waals surface area contributed by atoms with Crippen LogP contribution < -0.4 is 25.4 Å². The number of hydrogen-bond donors (Lipinski definition) is 3. The standard InChI is InChI=1S/C22H31ClN6O2/c1-30-19-11-10-16(13-18(19)23)26-21-27-20(25-15-7-4-2-3-5-8-15)28-22(29-21)31-14-17-9-6-12-24-17/h10-11,13,15,17,24H,2-9,12,14H2,1H3,(H2,25,26,27,28,29). The van der Waals surface area contributed by atoms with Crippen LogP contribution in [0.1, 0.15) is 51.4 Å². The van der Waals surface area contributed by atoms with Crippen LogP contribution in [-0.2, 0) is 0 Å². The molecule has 1 aliphatic carbocycles. The van der Waals surface area contributed by atoms with Gasteiger partial charge in [0.2, 0.25) is 11.9 Å². The normalized spacial score (nSPS) is 19.6. The number of halogens is 1. The van der Waals surface area contributed by atoms with Gasteiger partial charge >= 0.3 is 6.01 Å². The van der Waals surface area contributed by atoms with E-state index >= 15 is 0 Å². The molecule has 1 atom stereocenters. The Morgan fingerprint density at radius 3 is 2.55 bits per heavy atom. The van der Waals surface area contributed by atoms with Crippen molar-refractivity contribution in [1.82, 2.24) is 20.3 Å². The number of anilines is 3. The molecule has 2 heterocycles. The topological polar surface area (TPSA) is 93.2 Å². The van der Waals surface area contributed by atoms with Gasteiger partial charge in [-0.2, -0.15) is 15.0 Å². The van der Waals surface area contributed by atoms with E-state index in [-0.39, 0.29) is 0 Å². The zero-order chi connectivity index (χ0) is 21.5. The Bertz CT molecular complexity index is 854. The van der Waals surface area contributed by atoms with Crippen molar-refractivity contribution in [2.75, 3.05) is 30.9 Å². The molecule has 1 aliphatic heterocycles. The van der Waals surface area contributed by atoms with Crippen molar-refractivity contribution in [3.8, 4) is 11.8 Å². The minimum Gasteiger partial charge on any atom is -0.495 e. The van der Waals surface area contributed by atoms with Crippen molar-refractivity contribution < 1.29 is 9.47 Å². The van der Waals surface area contributed by atoms with E-state index in [4.69, 9.17) is 21.1 Å². The van der Waals surface area contributed by atoms with Crippen LogP contribution in [0.15, 0.2) is 18.2 Å². The van der Waals surface area contributed by atoms with Crippen LogP contribution >= 0.6 is 11.6 Å². The molecular formula is C22H31ClN6O2. The van der Waals surface area contributed by atoms with Crippen molar-refractivity contribution in [2.45, 2.75) is 63.5 Å². The third-order valence-corrected chi connectivity index (χ3v) is 6.08. The number of rotatable bonds is 8. The van der Waals surface area contributed by atoms with Crippen molar-refractivity contribution in [1.29, 1.82) is 0 Å². The molecule has 1 aromatic heterocycles. The van der Waals surface area contributed by atoms with Crippen molar-refractivity contribution in [3.63, 3.8) is 0 Å². The Balaban J connectivity index is 1.51. The number of aromatic nitrogens is 3. The second-order valence-electron chi connectivity index (χ2n) is 8.18. The lowest BCUT2D eigenvalue weighted by Crippen LogP contribution is -2.28. The number of nitrogens with zero attached hydrogens (tertiary/aromatic N) is 3. The molecule has 9 heteroatoms. The van der Waals surface area contributed by atoms with Gasteiger partial charge in [-0.25, -0.2) is 0 Å². The van der Waals surface area contributed by atoms with Gasteiger partial charge in [0.1, 0.15) is 12.4 Å². The molecule has 2 aromatic rings. The summed E-state index contributed by atoms with van der Waals surface area (Å²) in [6.45, 7) is 1.57. The molecule has 1 unspecified atom stereocenters. The smallest absolute Gasteiger partial charge is 0.323 e. The van der Waals surface area contributed by atoms with E-state index in [1.165, 1.54) is 32.1 Å². The molecule has 0 radical (unpaired) electrons. The molecule has 3 N–H and O–H groups in total. The number of methoxy groups -OCH3 is 1. The molecule has 2 aliphatic rings. The Hall–Kier alpha value is -2.32. The molecule has 1 saturated heterocycles. The molecule has 168 valence electrons. The molecule has 1 saturated carbocycles. The van der Waals surface area contributed by atoms with Gasteiger partial charge in [-0.15, -0.1) is 0 Å². The van der Waals surface area contributed by atoms with Gasteiger partial charge in [-0.1, -0.05) is 37.3 Å². The van der Waals surface area contributed by atoms with E-state index < -0.39 is 0 Å². The van der Waals surface area contributed by atoms with Crippen molar-refractivity contribution in [2.24, 2.45) is 0 Å². The molecule has 31 heavy (non-hydrogen) atoms. The first-order chi connectivity index (χ1) is 15.2. The number of nitrogens with one attached hydrogen (secondary N) is 3. The van der Waals surface area contributed by atoms with Crippen LogP contribution in [0.2, 0.25) is 5.02 Å². The van der Waals surface area contributed by atoms with Crippen LogP contribution in [0.4, 0.5) is 17.6 Å². The maximum atomic E-state index is 6.26. The Morgan fingerprint density at radius 2 is 1.84 bits per heavy atom. The summed E-state index contributed by atoms with van der Waals surface area (Å²) in [5.41, 5.74) is 0.765. The number of benzene rings is 1. The molecule has 0 bridgehead atoms. The minimum atomic E-state index is 0.321. The third kappa shape index (κ3) is 6.33. The highest BCUT2D eigenvalue weighted by Gasteiger charge is 2.18. The molecule has 4 rings (SSSR count). The average Bonchev–Trinajstić information content (AvgIpc) is 3.16. The lowest BCUT2D eigenvalue weighted by molar-refractivity contribution is 0.257.